The van der Waals surface area contributed by atoms with Crippen molar-refractivity contribution in [3.05, 3.63) is 40.3 Å². The average Bonchev–Trinajstić information content (AvgIpc) is 3.10. The normalized spacial score (nSPS) is 16.8. The van der Waals surface area contributed by atoms with Gasteiger partial charge >= 0.3 is 5.97 Å². The molecule has 0 saturated carbocycles. The number of nitrogens with zero attached hydrogens (tertiary/aromatic N) is 1. The molecule has 0 radical (unpaired) electrons. The van der Waals surface area contributed by atoms with Gasteiger partial charge in [0.15, 0.2) is 0 Å². The number of nitrogens with one attached hydrogen (secondary N) is 3. The first-order valence-corrected chi connectivity index (χ1v) is 10.4. The van der Waals surface area contributed by atoms with Gasteiger partial charge in [-0.1, -0.05) is 0 Å². The van der Waals surface area contributed by atoms with Gasteiger partial charge in [-0.15, -0.1) is 0 Å². The van der Waals surface area contributed by atoms with Crippen LogP contribution in [0, 0.1) is 0 Å². The number of carbonyl (C=O) groups is 1. The molecule has 4 rings (SSSR count). The van der Waals surface area contributed by atoms with Crippen LogP contribution in [0.3, 0.4) is 0 Å². The molecule has 0 aliphatic carbocycles. The van der Waals surface area contributed by atoms with Gasteiger partial charge in [-0.05, 0) is 51.2 Å². The maximum atomic E-state index is 12.9. The summed E-state index contributed by atoms with van der Waals surface area (Å²) >= 11 is 0. The number of H-pyrrole nitrogens is 2. The summed E-state index contributed by atoms with van der Waals surface area (Å²) < 4.78 is 28.5. The van der Waals surface area contributed by atoms with Gasteiger partial charge in [-0.2, -0.15) is 0 Å². The number of piperidine rings is 1. The van der Waals surface area contributed by atoms with Crippen LogP contribution in [0.2, 0.25) is 0 Å². The number of aromatic carboxylic acids is 1. The lowest BCUT2D eigenvalue weighted by Crippen LogP contribution is -2.43. The molecule has 28 heavy (non-hydrogen) atoms. The number of aromatic nitrogens is 2. The van der Waals surface area contributed by atoms with Crippen LogP contribution >= 0.6 is 0 Å². The highest BCUT2D eigenvalue weighted by Gasteiger charge is 2.24. The summed E-state index contributed by atoms with van der Waals surface area (Å²) in [5, 5.41) is 9.98. The van der Waals surface area contributed by atoms with Crippen LogP contribution in [0.1, 0.15) is 23.2 Å². The molecule has 9 nitrogen and oxygen atoms in total. The molecular weight excluding hydrogens is 384 g/mol. The molecule has 3 heterocycles. The number of pyridine rings is 1. The highest BCUT2D eigenvalue weighted by molar-refractivity contribution is 7.89. The Morgan fingerprint density at radius 2 is 2.00 bits per heavy atom. The third-order valence-corrected chi connectivity index (χ3v) is 6.72. The van der Waals surface area contributed by atoms with Crippen molar-refractivity contribution in [2.45, 2.75) is 23.8 Å². The quantitative estimate of drug-likeness (QED) is 0.514. The first-order valence-electron chi connectivity index (χ1n) is 8.87. The number of hydrogen-bond donors (Lipinski definition) is 4. The molecule has 1 saturated heterocycles. The molecule has 0 spiro atoms. The van der Waals surface area contributed by atoms with Crippen LogP contribution < -0.4 is 10.3 Å². The average molecular weight is 404 g/mol. The van der Waals surface area contributed by atoms with Gasteiger partial charge in [-0.25, -0.2) is 17.9 Å². The van der Waals surface area contributed by atoms with Crippen molar-refractivity contribution in [3.8, 4) is 0 Å². The van der Waals surface area contributed by atoms with E-state index in [4.69, 9.17) is 0 Å². The van der Waals surface area contributed by atoms with Crippen LogP contribution in [0.15, 0.2) is 34.1 Å². The number of rotatable bonds is 4. The summed E-state index contributed by atoms with van der Waals surface area (Å²) in [7, 11) is -1.78. The summed E-state index contributed by atoms with van der Waals surface area (Å²) in [4.78, 5) is 31.2. The van der Waals surface area contributed by atoms with Gasteiger partial charge < -0.3 is 20.0 Å². The first kappa shape index (κ1) is 18.7. The number of likely N-dealkylation sites (tertiary alicyclic amines) is 1. The Morgan fingerprint density at radius 3 is 2.68 bits per heavy atom. The molecule has 4 N–H and O–H groups in total. The van der Waals surface area contributed by atoms with Crippen LogP contribution in [-0.2, 0) is 10.0 Å². The fraction of sp³-hybridized carbons (Fsp3) is 0.333. The molecule has 10 heteroatoms. The van der Waals surface area contributed by atoms with Crippen molar-refractivity contribution in [1.82, 2.24) is 19.6 Å². The van der Waals surface area contributed by atoms with E-state index < -0.39 is 21.6 Å². The lowest BCUT2D eigenvalue weighted by Gasteiger charge is -2.29. The number of fused-ring (bicyclic) bond motifs is 3. The Morgan fingerprint density at radius 1 is 1.29 bits per heavy atom. The number of benzene rings is 1. The second-order valence-electron chi connectivity index (χ2n) is 7.12. The molecule has 0 unspecified atom stereocenters. The third-order valence-electron chi connectivity index (χ3n) is 5.20. The van der Waals surface area contributed by atoms with Crippen LogP contribution in [0.4, 0.5) is 0 Å². The Hall–Kier alpha value is -2.69. The number of carboxylic acids is 1. The minimum Gasteiger partial charge on any atom is -0.478 e. The molecule has 1 aliphatic rings. The molecule has 1 aromatic carbocycles. The summed E-state index contributed by atoms with van der Waals surface area (Å²) in [5.41, 5.74) is -0.0699. The SMILES string of the molecule is CN1CCC(NS(=O)(=O)c2ccc3[nH]c(=O)c4[nH]cc(C(=O)O)c4c3c2)CC1. The third kappa shape index (κ3) is 3.19. The molecule has 0 amide bonds. The number of carboxylic acid groups (broad SMARTS) is 1. The number of aromatic amines is 2. The van der Waals surface area contributed by atoms with E-state index in [1.807, 2.05) is 7.05 Å². The van der Waals surface area contributed by atoms with Gasteiger partial charge in [0.25, 0.3) is 5.56 Å². The van der Waals surface area contributed by atoms with Crippen molar-refractivity contribution in [1.29, 1.82) is 0 Å². The number of sulfonamides is 1. The smallest absolute Gasteiger partial charge is 0.337 e. The van der Waals surface area contributed by atoms with E-state index in [0.717, 1.165) is 25.9 Å². The van der Waals surface area contributed by atoms with E-state index in [2.05, 4.69) is 19.6 Å². The maximum Gasteiger partial charge on any atom is 0.337 e. The van der Waals surface area contributed by atoms with Crippen molar-refractivity contribution >= 4 is 37.8 Å². The second-order valence-corrected chi connectivity index (χ2v) is 8.83. The zero-order chi connectivity index (χ0) is 20.1. The van der Waals surface area contributed by atoms with Crippen LogP contribution in [-0.4, -0.2) is 60.5 Å². The minimum absolute atomic E-state index is 0.0322. The van der Waals surface area contributed by atoms with E-state index >= 15 is 0 Å². The highest BCUT2D eigenvalue weighted by atomic mass is 32.2. The Bertz CT molecular complexity index is 1240. The highest BCUT2D eigenvalue weighted by Crippen LogP contribution is 2.27. The van der Waals surface area contributed by atoms with Crippen LogP contribution in [0.5, 0.6) is 0 Å². The first-order chi connectivity index (χ1) is 13.3. The topological polar surface area (TPSA) is 135 Å². The molecular formula is C18H20N4O5S. The predicted octanol–water partition coefficient (Wildman–Crippen LogP) is 1.08. The fourth-order valence-electron chi connectivity index (χ4n) is 3.66. The standard InChI is InChI=1S/C18H20N4O5S/c1-22-6-4-10(5-7-22)21-28(26,27)11-2-3-14-12(8-11)15-13(18(24)25)9-19-16(15)17(23)20-14/h2-3,8-10,19,21H,4-7H2,1H3,(H,20,23)(H,24,25). The molecule has 148 valence electrons. The molecule has 1 fully saturated rings. The second kappa shape index (κ2) is 6.73. The van der Waals surface area contributed by atoms with Gasteiger partial charge in [-0.3, -0.25) is 4.79 Å². The lowest BCUT2D eigenvalue weighted by molar-refractivity contribution is 0.0699. The van der Waals surface area contributed by atoms with Crippen molar-refractivity contribution in [2.75, 3.05) is 20.1 Å². The Kier molecular flexibility index (Phi) is 4.48. The van der Waals surface area contributed by atoms with Crippen molar-refractivity contribution in [2.24, 2.45) is 0 Å². The molecule has 2 aromatic heterocycles. The summed E-state index contributed by atoms with van der Waals surface area (Å²) in [6.45, 7) is 1.64. The van der Waals surface area contributed by atoms with E-state index in [1.165, 1.54) is 24.4 Å². The fourth-order valence-corrected chi connectivity index (χ4v) is 4.99. The minimum atomic E-state index is -3.78. The van der Waals surface area contributed by atoms with Gasteiger partial charge in [0.2, 0.25) is 10.0 Å². The van der Waals surface area contributed by atoms with Gasteiger partial charge in [0.1, 0.15) is 5.52 Å². The molecule has 3 aromatic rings. The Balaban J connectivity index is 1.81. The molecule has 0 atom stereocenters. The van der Waals surface area contributed by atoms with Gasteiger partial charge in [0.05, 0.1) is 10.5 Å². The van der Waals surface area contributed by atoms with Crippen molar-refractivity contribution < 1.29 is 18.3 Å². The summed E-state index contributed by atoms with van der Waals surface area (Å²) in [5.74, 6) is -1.20. The van der Waals surface area contributed by atoms with E-state index in [-0.39, 0.29) is 27.4 Å². The zero-order valence-electron chi connectivity index (χ0n) is 15.2. The van der Waals surface area contributed by atoms with E-state index in [1.54, 1.807) is 0 Å². The molecule has 0 bridgehead atoms. The van der Waals surface area contributed by atoms with E-state index in [9.17, 15) is 23.1 Å². The zero-order valence-corrected chi connectivity index (χ0v) is 16.0. The monoisotopic (exact) mass is 404 g/mol. The van der Waals surface area contributed by atoms with Crippen molar-refractivity contribution in [3.63, 3.8) is 0 Å². The maximum absolute atomic E-state index is 12.9. The summed E-state index contributed by atoms with van der Waals surface area (Å²) in [6.07, 6.45) is 2.68. The summed E-state index contributed by atoms with van der Waals surface area (Å²) in [6, 6.07) is 4.16. The molecule has 1 aliphatic heterocycles. The van der Waals surface area contributed by atoms with Crippen LogP contribution in [0.25, 0.3) is 21.8 Å². The largest absolute Gasteiger partial charge is 0.478 e. The lowest BCUT2D eigenvalue weighted by atomic mass is 10.1. The van der Waals surface area contributed by atoms with E-state index in [0.29, 0.717) is 10.9 Å². The predicted molar refractivity (Wildman–Crippen MR) is 104 cm³/mol. The van der Waals surface area contributed by atoms with Gasteiger partial charge in [0, 0.05) is 28.5 Å². The number of hydrogen-bond acceptors (Lipinski definition) is 5. The Labute approximate surface area is 160 Å².